The number of fused-ring (bicyclic) bond motifs is 1. The normalized spacial score (nSPS) is 21.2. The van der Waals surface area contributed by atoms with E-state index >= 15 is 0 Å². The Labute approximate surface area is 269 Å². The average Bonchev–Trinajstić information content (AvgIpc) is 3.31. The zero-order valence-electron chi connectivity index (χ0n) is 26.7. The van der Waals surface area contributed by atoms with Crippen LogP contribution >= 0.6 is 11.8 Å². The monoisotopic (exact) mass is 631 g/mol. The molecule has 10 heteroatoms. The van der Waals surface area contributed by atoms with Crippen molar-refractivity contribution in [1.29, 1.82) is 0 Å². The van der Waals surface area contributed by atoms with Gasteiger partial charge in [-0.1, -0.05) is 81.4 Å². The van der Waals surface area contributed by atoms with Crippen LogP contribution in [0.1, 0.15) is 65.2 Å². The van der Waals surface area contributed by atoms with Crippen molar-refractivity contribution in [2.75, 3.05) is 18.8 Å². The molecule has 3 aliphatic rings. The minimum atomic E-state index is -0.865. The molecule has 238 valence electrons. The van der Waals surface area contributed by atoms with Gasteiger partial charge < -0.3 is 19.7 Å². The van der Waals surface area contributed by atoms with Crippen molar-refractivity contribution in [2.45, 2.75) is 71.1 Å². The number of likely N-dealkylation sites (tertiary alicyclic amines) is 1. The van der Waals surface area contributed by atoms with Crippen LogP contribution in [0.15, 0.2) is 83.6 Å². The molecule has 0 spiro atoms. The topological polar surface area (TPSA) is 105 Å². The number of rotatable bonds is 7. The Bertz CT molecular complexity index is 1480. The first kappa shape index (κ1) is 32.3. The summed E-state index contributed by atoms with van der Waals surface area (Å²) in [7, 11) is 0. The highest BCUT2D eigenvalue weighted by Crippen LogP contribution is 2.42. The number of thioether (sulfide) groups is 1. The molecule has 3 amide bonds. The number of benzene rings is 2. The lowest BCUT2D eigenvalue weighted by Gasteiger charge is -2.49. The van der Waals surface area contributed by atoms with E-state index < -0.39 is 41.1 Å². The summed E-state index contributed by atoms with van der Waals surface area (Å²) in [6, 6.07) is 18.0. The number of β-lactam (4-membered cyclic amide) rings is 1. The molecule has 0 aromatic heterocycles. The number of allylic oxidation sites excluding steroid dienone is 1. The number of amides is 3. The molecule has 1 N–H and O–H groups in total. The SMILES string of the molecule is CC(C)(C)CN1CC/C(=C\C2=C(C(=O)OC(c3ccccc3)c3ccccc3)N3C(=O)[C@@H](NC(=O)OC(C)(C)C)[C@H]3SC2)C1=O. The number of ether oxygens (including phenoxy) is 2. The fourth-order valence-corrected chi connectivity index (χ4v) is 6.96. The number of esters is 1. The first-order valence-electron chi connectivity index (χ1n) is 15.2. The average molecular weight is 632 g/mol. The van der Waals surface area contributed by atoms with Crippen LogP contribution in [0, 0.1) is 5.41 Å². The van der Waals surface area contributed by atoms with Crippen LogP contribution in [0.2, 0.25) is 0 Å². The molecule has 0 bridgehead atoms. The Morgan fingerprint density at radius 2 is 1.58 bits per heavy atom. The van der Waals surface area contributed by atoms with Gasteiger partial charge in [0.15, 0.2) is 6.10 Å². The quantitative estimate of drug-likeness (QED) is 0.242. The lowest BCUT2D eigenvalue weighted by atomic mass is 9.96. The molecule has 3 heterocycles. The Morgan fingerprint density at radius 3 is 2.13 bits per heavy atom. The molecule has 2 atom stereocenters. The summed E-state index contributed by atoms with van der Waals surface area (Å²) in [5.41, 5.74) is 2.01. The van der Waals surface area contributed by atoms with Crippen LogP contribution in [-0.2, 0) is 23.9 Å². The molecular formula is C35H41N3O6S. The van der Waals surface area contributed by atoms with Crippen molar-refractivity contribution in [3.63, 3.8) is 0 Å². The number of hydrogen-bond donors (Lipinski definition) is 1. The van der Waals surface area contributed by atoms with E-state index in [1.807, 2.05) is 65.6 Å². The maximum atomic E-state index is 14.2. The maximum Gasteiger partial charge on any atom is 0.408 e. The minimum absolute atomic E-state index is 0.0582. The Hall–Kier alpha value is -4.05. The summed E-state index contributed by atoms with van der Waals surface area (Å²) in [5.74, 6) is -0.832. The molecule has 2 aromatic rings. The van der Waals surface area contributed by atoms with Crippen molar-refractivity contribution < 1.29 is 28.7 Å². The molecule has 2 fully saturated rings. The molecule has 0 radical (unpaired) electrons. The first-order valence-corrected chi connectivity index (χ1v) is 16.2. The molecule has 0 aliphatic carbocycles. The molecule has 3 aliphatic heterocycles. The van der Waals surface area contributed by atoms with Crippen LogP contribution in [0.4, 0.5) is 4.79 Å². The summed E-state index contributed by atoms with van der Waals surface area (Å²) in [6.07, 6.45) is 0.872. The number of carbonyl (C=O) groups is 4. The van der Waals surface area contributed by atoms with Gasteiger partial charge in [0.25, 0.3) is 5.91 Å². The van der Waals surface area contributed by atoms with E-state index in [1.54, 1.807) is 26.8 Å². The zero-order chi connectivity index (χ0) is 32.5. The van der Waals surface area contributed by atoms with Gasteiger partial charge in [0, 0.05) is 24.4 Å². The number of nitrogens with one attached hydrogen (secondary N) is 1. The van der Waals surface area contributed by atoms with E-state index in [2.05, 4.69) is 26.1 Å². The molecule has 5 rings (SSSR count). The van der Waals surface area contributed by atoms with Crippen LogP contribution in [0.3, 0.4) is 0 Å². The van der Waals surface area contributed by atoms with Crippen molar-refractivity contribution in [3.05, 3.63) is 94.7 Å². The highest BCUT2D eigenvalue weighted by atomic mass is 32.2. The number of alkyl carbamates (subject to hydrolysis) is 1. The van der Waals surface area contributed by atoms with Gasteiger partial charge in [-0.25, -0.2) is 9.59 Å². The Morgan fingerprint density at radius 1 is 0.978 bits per heavy atom. The van der Waals surface area contributed by atoms with Crippen molar-refractivity contribution in [1.82, 2.24) is 15.1 Å². The van der Waals surface area contributed by atoms with Crippen molar-refractivity contribution >= 4 is 35.6 Å². The lowest BCUT2D eigenvalue weighted by molar-refractivity contribution is -0.153. The second kappa shape index (κ2) is 12.7. The summed E-state index contributed by atoms with van der Waals surface area (Å²) in [5, 5.41) is 2.14. The molecule has 9 nitrogen and oxygen atoms in total. The van der Waals surface area contributed by atoms with Gasteiger partial charge in [-0.15, -0.1) is 11.8 Å². The first-order chi connectivity index (χ1) is 21.2. The molecule has 45 heavy (non-hydrogen) atoms. The van der Waals surface area contributed by atoms with E-state index in [4.69, 9.17) is 9.47 Å². The van der Waals surface area contributed by atoms with Crippen LogP contribution in [-0.4, -0.2) is 69.5 Å². The second-order valence-electron chi connectivity index (χ2n) is 13.7. The van der Waals surface area contributed by atoms with Crippen LogP contribution < -0.4 is 5.32 Å². The van der Waals surface area contributed by atoms with E-state index in [1.165, 1.54) is 16.7 Å². The van der Waals surface area contributed by atoms with Gasteiger partial charge in [-0.2, -0.15) is 0 Å². The summed E-state index contributed by atoms with van der Waals surface area (Å²) in [6.45, 7) is 12.7. The fourth-order valence-electron chi connectivity index (χ4n) is 5.66. The number of nitrogens with zero attached hydrogens (tertiary/aromatic N) is 2. The summed E-state index contributed by atoms with van der Waals surface area (Å²) >= 11 is 1.42. The summed E-state index contributed by atoms with van der Waals surface area (Å²) < 4.78 is 11.6. The molecular weight excluding hydrogens is 590 g/mol. The minimum Gasteiger partial charge on any atom is -0.448 e. The predicted molar refractivity (Wildman–Crippen MR) is 173 cm³/mol. The predicted octanol–water partition coefficient (Wildman–Crippen LogP) is 5.59. The third kappa shape index (κ3) is 7.44. The van der Waals surface area contributed by atoms with Gasteiger partial charge in [0.05, 0.1) is 0 Å². The van der Waals surface area contributed by atoms with Crippen LogP contribution in [0.5, 0.6) is 0 Å². The van der Waals surface area contributed by atoms with Gasteiger partial charge in [0.1, 0.15) is 22.7 Å². The lowest BCUT2D eigenvalue weighted by Crippen LogP contribution is -2.70. The van der Waals surface area contributed by atoms with Gasteiger partial charge in [-0.05, 0) is 55.4 Å². The Kier molecular flexibility index (Phi) is 9.16. The third-order valence-electron chi connectivity index (χ3n) is 7.52. The summed E-state index contributed by atoms with van der Waals surface area (Å²) in [4.78, 5) is 56.9. The second-order valence-corrected chi connectivity index (χ2v) is 14.8. The molecule has 0 saturated carbocycles. The van der Waals surface area contributed by atoms with Gasteiger partial charge in [0.2, 0.25) is 5.91 Å². The highest BCUT2D eigenvalue weighted by molar-refractivity contribution is 8.00. The standard InChI is InChI=1S/C35H41N3O6S/c1-34(2,3)21-37-18-17-24(29(37)39)19-25-20-45-31-26(36-33(42)44-35(4,5)6)30(40)38(31)27(25)32(41)43-28(22-13-9-7-10-14-22)23-15-11-8-12-16-23/h7-16,19,26,28,31H,17-18,20-21H2,1-6H3,(H,36,42)/b24-19+/t26-,31-/m1/s1. The van der Waals surface area contributed by atoms with Crippen molar-refractivity contribution in [3.8, 4) is 0 Å². The smallest absolute Gasteiger partial charge is 0.408 e. The van der Waals surface area contributed by atoms with Crippen molar-refractivity contribution in [2.24, 2.45) is 5.41 Å². The fraction of sp³-hybridized carbons (Fsp3) is 0.429. The van der Waals surface area contributed by atoms with E-state index in [0.717, 1.165) is 11.1 Å². The molecule has 0 unspecified atom stereocenters. The van der Waals surface area contributed by atoms with E-state index in [-0.39, 0.29) is 17.0 Å². The van der Waals surface area contributed by atoms with Crippen LogP contribution in [0.25, 0.3) is 0 Å². The number of carbonyl (C=O) groups excluding carboxylic acids is 4. The molecule has 2 saturated heterocycles. The van der Waals surface area contributed by atoms with E-state index in [9.17, 15) is 19.2 Å². The highest BCUT2D eigenvalue weighted by Gasteiger charge is 2.55. The van der Waals surface area contributed by atoms with Gasteiger partial charge in [-0.3, -0.25) is 14.5 Å². The van der Waals surface area contributed by atoms with Gasteiger partial charge >= 0.3 is 12.1 Å². The zero-order valence-corrected chi connectivity index (χ0v) is 27.5. The van der Waals surface area contributed by atoms with E-state index in [0.29, 0.717) is 36.4 Å². The number of hydrogen-bond acceptors (Lipinski definition) is 7. The maximum absolute atomic E-state index is 14.2. The largest absolute Gasteiger partial charge is 0.448 e. The third-order valence-corrected chi connectivity index (χ3v) is 8.82. The Balaban J connectivity index is 1.49. The molecule has 2 aromatic carbocycles.